The highest BCUT2D eigenvalue weighted by Crippen LogP contribution is 2.37. The summed E-state index contributed by atoms with van der Waals surface area (Å²) in [5.41, 5.74) is -3.70. The summed E-state index contributed by atoms with van der Waals surface area (Å²) in [7, 11) is 0. The van der Waals surface area contributed by atoms with Crippen molar-refractivity contribution in [2.24, 2.45) is 0 Å². The number of anilines is 1. The van der Waals surface area contributed by atoms with Gasteiger partial charge in [-0.15, -0.1) is 11.3 Å². The Morgan fingerprint density at radius 1 is 1.13 bits per heavy atom. The zero-order chi connectivity index (χ0) is 21.7. The Balaban J connectivity index is 1.74. The van der Waals surface area contributed by atoms with Gasteiger partial charge in [-0.1, -0.05) is 0 Å². The summed E-state index contributed by atoms with van der Waals surface area (Å²) in [6.07, 6.45) is -6.66. The van der Waals surface area contributed by atoms with Gasteiger partial charge in [0, 0.05) is 28.8 Å². The van der Waals surface area contributed by atoms with E-state index in [9.17, 15) is 31.1 Å². The molecule has 0 bridgehead atoms. The molecule has 0 atom stereocenters. The van der Waals surface area contributed by atoms with Crippen LogP contribution in [-0.4, -0.2) is 25.7 Å². The SMILES string of the molecule is O=C(Nc1ccnc(C(F)(F)F)c1)c1cnn(-c2csc3[nH]ccc23)c1C(F)(F)F. The molecule has 0 saturated carbocycles. The van der Waals surface area contributed by atoms with E-state index in [0.717, 1.165) is 29.8 Å². The van der Waals surface area contributed by atoms with Crippen LogP contribution in [0.25, 0.3) is 15.9 Å². The molecule has 0 saturated heterocycles. The molecule has 1 amide bonds. The van der Waals surface area contributed by atoms with Gasteiger partial charge in [-0.05, 0) is 18.2 Å². The maximum atomic E-state index is 13.8. The Bertz CT molecular complexity index is 1240. The van der Waals surface area contributed by atoms with Crippen molar-refractivity contribution in [3.05, 3.63) is 59.1 Å². The topological polar surface area (TPSA) is 75.6 Å². The highest BCUT2D eigenvalue weighted by atomic mass is 32.1. The lowest BCUT2D eigenvalue weighted by molar-refractivity contribution is -0.143. The molecule has 4 rings (SSSR count). The molecule has 0 unspecified atom stereocenters. The van der Waals surface area contributed by atoms with Gasteiger partial charge < -0.3 is 10.3 Å². The van der Waals surface area contributed by atoms with Crippen LogP contribution >= 0.6 is 11.3 Å². The van der Waals surface area contributed by atoms with Crippen LogP contribution in [0.15, 0.2) is 42.2 Å². The highest BCUT2D eigenvalue weighted by Gasteiger charge is 2.41. The summed E-state index contributed by atoms with van der Waals surface area (Å²) in [5, 5.41) is 7.67. The highest BCUT2D eigenvalue weighted by molar-refractivity contribution is 7.17. The monoisotopic (exact) mass is 445 g/mol. The lowest BCUT2D eigenvalue weighted by atomic mass is 10.2. The van der Waals surface area contributed by atoms with Gasteiger partial charge in [0.25, 0.3) is 5.91 Å². The minimum absolute atomic E-state index is 0.117. The zero-order valence-electron chi connectivity index (χ0n) is 14.5. The molecule has 0 aliphatic heterocycles. The van der Waals surface area contributed by atoms with E-state index in [1.54, 1.807) is 12.3 Å². The molecule has 0 spiro atoms. The predicted octanol–water partition coefficient (Wildman–Crippen LogP) is 5.10. The summed E-state index contributed by atoms with van der Waals surface area (Å²) >= 11 is 1.16. The summed E-state index contributed by atoms with van der Waals surface area (Å²) < 4.78 is 80.2. The lowest BCUT2D eigenvalue weighted by Crippen LogP contribution is -2.21. The molecule has 0 aromatic carbocycles. The van der Waals surface area contributed by atoms with E-state index in [1.807, 2.05) is 5.32 Å². The van der Waals surface area contributed by atoms with Gasteiger partial charge in [-0.25, -0.2) is 4.68 Å². The molecular formula is C17H9F6N5OS. The van der Waals surface area contributed by atoms with E-state index >= 15 is 0 Å². The van der Waals surface area contributed by atoms with Gasteiger partial charge in [0.2, 0.25) is 0 Å². The van der Waals surface area contributed by atoms with Crippen molar-refractivity contribution in [2.75, 3.05) is 5.32 Å². The van der Waals surface area contributed by atoms with Crippen molar-refractivity contribution < 1.29 is 31.1 Å². The van der Waals surface area contributed by atoms with Crippen molar-refractivity contribution in [3.63, 3.8) is 0 Å². The van der Waals surface area contributed by atoms with Crippen molar-refractivity contribution in [2.45, 2.75) is 12.4 Å². The van der Waals surface area contributed by atoms with Gasteiger partial charge in [0.1, 0.15) is 10.5 Å². The normalized spacial score (nSPS) is 12.5. The smallest absolute Gasteiger partial charge is 0.353 e. The number of carbonyl (C=O) groups excluding carboxylic acids is 1. The Labute approximate surface area is 167 Å². The molecule has 4 aromatic heterocycles. The second kappa shape index (κ2) is 6.86. The number of aromatic amines is 1. The van der Waals surface area contributed by atoms with E-state index < -0.39 is 35.2 Å². The van der Waals surface area contributed by atoms with Crippen LogP contribution in [0.2, 0.25) is 0 Å². The number of pyridine rings is 1. The number of amides is 1. The quantitative estimate of drug-likeness (QED) is 0.431. The van der Waals surface area contributed by atoms with Crippen LogP contribution in [-0.2, 0) is 12.4 Å². The molecule has 2 N–H and O–H groups in total. The second-order valence-electron chi connectivity index (χ2n) is 6.04. The van der Waals surface area contributed by atoms with Crippen LogP contribution in [0.3, 0.4) is 0 Å². The minimum Gasteiger partial charge on any atom is -0.353 e. The van der Waals surface area contributed by atoms with Crippen molar-refractivity contribution >= 4 is 33.1 Å². The molecule has 30 heavy (non-hydrogen) atoms. The molecular weight excluding hydrogens is 436 g/mol. The number of carbonyl (C=O) groups is 1. The van der Waals surface area contributed by atoms with Crippen LogP contribution in [0, 0.1) is 0 Å². The Morgan fingerprint density at radius 3 is 2.60 bits per heavy atom. The fraction of sp³-hybridized carbons (Fsp3) is 0.118. The molecule has 156 valence electrons. The first-order valence-corrected chi connectivity index (χ1v) is 8.98. The largest absolute Gasteiger partial charge is 0.434 e. The molecule has 0 aliphatic carbocycles. The Kier molecular flexibility index (Phi) is 4.56. The summed E-state index contributed by atoms with van der Waals surface area (Å²) in [6.45, 7) is 0. The number of nitrogens with one attached hydrogen (secondary N) is 2. The number of alkyl halides is 6. The van der Waals surface area contributed by atoms with Crippen LogP contribution in [0.1, 0.15) is 21.7 Å². The van der Waals surface area contributed by atoms with Crippen molar-refractivity contribution in [3.8, 4) is 5.69 Å². The van der Waals surface area contributed by atoms with Crippen molar-refractivity contribution in [1.29, 1.82) is 0 Å². The molecule has 4 heterocycles. The number of aromatic nitrogens is 4. The predicted molar refractivity (Wildman–Crippen MR) is 95.5 cm³/mol. The number of halogens is 6. The molecule has 0 aliphatic rings. The van der Waals surface area contributed by atoms with Gasteiger partial charge in [-0.3, -0.25) is 9.78 Å². The molecule has 4 aromatic rings. The first-order chi connectivity index (χ1) is 14.1. The zero-order valence-corrected chi connectivity index (χ0v) is 15.3. The Morgan fingerprint density at radius 2 is 1.90 bits per heavy atom. The fourth-order valence-electron chi connectivity index (χ4n) is 2.83. The van der Waals surface area contributed by atoms with E-state index in [0.29, 0.717) is 21.0 Å². The number of hydrogen-bond donors (Lipinski definition) is 2. The van der Waals surface area contributed by atoms with Crippen LogP contribution in [0.4, 0.5) is 32.0 Å². The van der Waals surface area contributed by atoms with E-state index in [1.165, 1.54) is 5.38 Å². The third-order valence-corrected chi connectivity index (χ3v) is 5.01. The van der Waals surface area contributed by atoms with Crippen LogP contribution in [0.5, 0.6) is 0 Å². The first-order valence-electron chi connectivity index (χ1n) is 8.10. The van der Waals surface area contributed by atoms with Gasteiger partial charge in [0.05, 0.1) is 17.4 Å². The molecule has 13 heteroatoms. The number of hydrogen-bond acceptors (Lipinski definition) is 4. The maximum absolute atomic E-state index is 13.8. The molecule has 6 nitrogen and oxygen atoms in total. The number of nitrogens with zero attached hydrogens (tertiary/aromatic N) is 3. The summed E-state index contributed by atoms with van der Waals surface area (Å²) in [4.78, 5) is 19.1. The van der Waals surface area contributed by atoms with Gasteiger partial charge >= 0.3 is 12.4 Å². The third-order valence-electron chi connectivity index (χ3n) is 4.09. The standard InChI is InChI=1S/C17H9F6N5OS/c18-16(19,20)12-5-8(1-3-24-12)27-14(29)10-6-26-28(13(10)17(21,22)23)11-7-30-15-9(11)2-4-25-15/h1-7,25H,(H,24,27,29). The lowest BCUT2D eigenvalue weighted by Gasteiger charge is -2.13. The maximum Gasteiger partial charge on any atom is 0.434 e. The summed E-state index contributed by atoms with van der Waals surface area (Å²) in [6, 6.07) is 3.13. The first kappa shape index (κ1) is 19.9. The number of rotatable bonds is 3. The number of fused-ring (bicyclic) bond motifs is 1. The van der Waals surface area contributed by atoms with Crippen LogP contribution < -0.4 is 5.32 Å². The Hall–Kier alpha value is -3.35. The second-order valence-corrected chi connectivity index (χ2v) is 6.92. The van der Waals surface area contributed by atoms with E-state index in [-0.39, 0.29) is 11.4 Å². The van der Waals surface area contributed by atoms with E-state index in [4.69, 9.17) is 0 Å². The number of H-pyrrole nitrogens is 1. The average Bonchev–Trinajstić information content (AvgIpc) is 3.35. The van der Waals surface area contributed by atoms with Gasteiger partial charge in [-0.2, -0.15) is 31.4 Å². The van der Waals surface area contributed by atoms with E-state index in [2.05, 4.69) is 15.1 Å². The molecule has 0 fully saturated rings. The van der Waals surface area contributed by atoms with Gasteiger partial charge in [0.15, 0.2) is 5.69 Å². The number of thiophene rings is 1. The third kappa shape index (κ3) is 3.51. The summed E-state index contributed by atoms with van der Waals surface area (Å²) in [5.74, 6) is -1.26. The fourth-order valence-corrected chi connectivity index (χ4v) is 3.72. The average molecular weight is 445 g/mol. The van der Waals surface area contributed by atoms with Crippen molar-refractivity contribution in [1.82, 2.24) is 19.7 Å². The minimum atomic E-state index is -4.96. The molecule has 0 radical (unpaired) electrons.